The summed E-state index contributed by atoms with van der Waals surface area (Å²) in [5.41, 5.74) is 1.13. The molecule has 2 aromatic rings. The van der Waals surface area contributed by atoms with E-state index in [9.17, 15) is 0 Å². The van der Waals surface area contributed by atoms with Gasteiger partial charge in [0.15, 0.2) is 0 Å². The quantitative estimate of drug-likeness (QED) is 0.922. The normalized spacial score (nSPS) is 9.71. The summed E-state index contributed by atoms with van der Waals surface area (Å²) in [6.45, 7) is 0. The van der Waals surface area contributed by atoms with Crippen LogP contribution in [0, 0.1) is 11.3 Å². The van der Waals surface area contributed by atoms with Crippen molar-refractivity contribution in [2.45, 2.75) is 0 Å². The Kier molecular flexibility index (Phi) is 3.57. The predicted molar refractivity (Wildman–Crippen MR) is 69.2 cm³/mol. The molecular formula is C11H6BrClN4. The number of hydrogen-bond acceptors (Lipinski definition) is 4. The monoisotopic (exact) mass is 308 g/mol. The van der Waals surface area contributed by atoms with Gasteiger partial charge in [0.05, 0.1) is 26.8 Å². The van der Waals surface area contributed by atoms with Crippen molar-refractivity contribution >= 4 is 39.2 Å². The summed E-state index contributed by atoms with van der Waals surface area (Å²) >= 11 is 9.24. The summed E-state index contributed by atoms with van der Waals surface area (Å²) in [5.74, 6) is 0.421. The molecule has 84 valence electrons. The van der Waals surface area contributed by atoms with E-state index in [1.807, 2.05) is 6.07 Å². The third-order valence-corrected chi connectivity index (χ3v) is 2.70. The van der Waals surface area contributed by atoms with E-state index >= 15 is 0 Å². The molecule has 0 aliphatic carbocycles. The van der Waals surface area contributed by atoms with Crippen LogP contribution < -0.4 is 5.32 Å². The lowest BCUT2D eigenvalue weighted by molar-refractivity contribution is 1.15. The fourth-order valence-corrected chi connectivity index (χ4v) is 1.56. The second kappa shape index (κ2) is 5.13. The Morgan fingerprint density at radius 3 is 2.65 bits per heavy atom. The number of benzene rings is 1. The van der Waals surface area contributed by atoms with Crippen molar-refractivity contribution in [3.05, 3.63) is 45.7 Å². The van der Waals surface area contributed by atoms with Crippen molar-refractivity contribution < 1.29 is 0 Å². The minimum Gasteiger partial charge on any atom is -0.323 e. The maximum Gasteiger partial charge on any atom is 0.227 e. The first-order valence-corrected chi connectivity index (χ1v) is 5.80. The zero-order valence-electron chi connectivity index (χ0n) is 8.48. The van der Waals surface area contributed by atoms with E-state index in [0.717, 1.165) is 4.47 Å². The standard InChI is InChI=1S/C11H6BrClN4/c12-8-5-15-11(16-6-8)17-10-3-7(4-14)1-2-9(10)13/h1-3,5-6H,(H,15,16,17). The van der Waals surface area contributed by atoms with Gasteiger partial charge in [-0.05, 0) is 34.1 Å². The molecule has 0 fully saturated rings. The van der Waals surface area contributed by atoms with Crippen molar-refractivity contribution in [3.63, 3.8) is 0 Å². The van der Waals surface area contributed by atoms with E-state index in [0.29, 0.717) is 22.2 Å². The van der Waals surface area contributed by atoms with Crippen molar-refractivity contribution in [2.75, 3.05) is 5.32 Å². The number of anilines is 2. The van der Waals surface area contributed by atoms with Gasteiger partial charge in [0.2, 0.25) is 5.95 Å². The Morgan fingerprint density at radius 2 is 2.00 bits per heavy atom. The van der Waals surface area contributed by atoms with E-state index < -0.39 is 0 Å². The highest BCUT2D eigenvalue weighted by Gasteiger charge is 2.04. The number of hydrogen-bond donors (Lipinski definition) is 1. The first-order valence-electron chi connectivity index (χ1n) is 4.63. The lowest BCUT2D eigenvalue weighted by Crippen LogP contribution is -1.97. The molecular weight excluding hydrogens is 304 g/mol. The Morgan fingerprint density at radius 1 is 1.29 bits per heavy atom. The second-order valence-corrected chi connectivity index (χ2v) is 4.48. The molecule has 6 heteroatoms. The highest BCUT2D eigenvalue weighted by Crippen LogP contribution is 2.25. The van der Waals surface area contributed by atoms with Crippen LogP contribution >= 0.6 is 27.5 Å². The zero-order valence-corrected chi connectivity index (χ0v) is 10.8. The molecule has 4 nitrogen and oxygen atoms in total. The lowest BCUT2D eigenvalue weighted by Gasteiger charge is -2.06. The van der Waals surface area contributed by atoms with Gasteiger partial charge in [-0.2, -0.15) is 5.26 Å². The average Bonchev–Trinajstić information content (AvgIpc) is 2.35. The molecule has 0 aliphatic rings. The third kappa shape index (κ3) is 2.93. The van der Waals surface area contributed by atoms with E-state index in [1.54, 1.807) is 30.6 Å². The molecule has 0 amide bonds. The maximum absolute atomic E-state index is 8.80. The maximum atomic E-state index is 8.80. The summed E-state index contributed by atoms with van der Waals surface area (Å²) in [6, 6.07) is 6.99. The first kappa shape index (κ1) is 11.8. The third-order valence-electron chi connectivity index (χ3n) is 1.96. The molecule has 2 rings (SSSR count). The molecule has 0 atom stereocenters. The van der Waals surface area contributed by atoms with Crippen LogP contribution in [-0.2, 0) is 0 Å². The fourth-order valence-electron chi connectivity index (χ4n) is 1.19. The highest BCUT2D eigenvalue weighted by atomic mass is 79.9. The Labute approximate surface area is 111 Å². The predicted octanol–water partition coefficient (Wildman–Crippen LogP) is 3.51. The number of nitrogens with one attached hydrogen (secondary N) is 1. The number of aromatic nitrogens is 2. The summed E-state index contributed by atoms with van der Waals surface area (Å²) in [5, 5.41) is 12.3. The average molecular weight is 310 g/mol. The van der Waals surface area contributed by atoms with E-state index in [1.165, 1.54) is 0 Å². The Bertz CT molecular complexity index is 577. The highest BCUT2D eigenvalue weighted by molar-refractivity contribution is 9.10. The van der Waals surface area contributed by atoms with Gasteiger partial charge in [-0.15, -0.1) is 0 Å². The molecule has 17 heavy (non-hydrogen) atoms. The molecule has 1 aromatic heterocycles. The lowest BCUT2D eigenvalue weighted by atomic mass is 10.2. The minimum absolute atomic E-state index is 0.421. The van der Waals surface area contributed by atoms with Gasteiger partial charge in [-0.3, -0.25) is 0 Å². The SMILES string of the molecule is N#Cc1ccc(Cl)c(Nc2ncc(Br)cn2)c1. The van der Waals surface area contributed by atoms with Crippen molar-refractivity contribution in [1.82, 2.24) is 9.97 Å². The van der Waals surface area contributed by atoms with Crippen molar-refractivity contribution in [2.24, 2.45) is 0 Å². The molecule has 0 aliphatic heterocycles. The molecule has 0 bridgehead atoms. The Hall–Kier alpha value is -1.64. The van der Waals surface area contributed by atoms with Gasteiger partial charge in [0.25, 0.3) is 0 Å². The van der Waals surface area contributed by atoms with Crippen LogP contribution in [0.15, 0.2) is 35.1 Å². The molecule has 0 radical (unpaired) electrons. The molecule has 1 N–H and O–H groups in total. The molecule has 1 heterocycles. The molecule has 0 unspecified atom stereocenters. The van der Waals surface area contributed by atoms with E-state index in [2.05, 4.69) is 31.2 Å². The van der Waals surface area contributed by atoms with Crippen LogP contribution in [0.4, 0.5) is 11.6 Å². The minimum atomic E-state index is 0.421. The van der Waals surface area contributed by atoms with E-state index in [-0.39, 0.29) is 0 Å². The number of halogens is 2. The molecule has 0 saturated carbocycles. The number of nitriles is 1. The summed E-state index contributed by atoms with van der Waals surface area (Å²) < 4.78 is 0.792. The summed E-state index contributed by atoms with van der Waals surface area (Å²) in [4.78, 5) is 8.12. The van der Waals surface area contributed by atoms with Crippen molar-refractivity contribution in [3.8, 4) is 6.07 Å². The largest absolute Gasteiger partial charge is 0.323 e. The summed E-state index contributed by atoms with van der Waals surface area (Å²) in [6.07, 6.45) is 3.24. The number of rotatable bonds is 2. The second-order valence-electron chi connectivity index (χ2n) is 3.16. The van der Waals surface area contributed by atoms with Gasteiger partial charge in [0, 0.05) is 12.4 Å². The fraction of sp³-hybridized carbons (Fsp3) is 0. The van der Waals surface area contributed by atoms with Gasteiger partial charge in [-0.25, -0.2) is 9.97 Å². The van der Waals surface area contributed by atoms with Crippen LogP contribution in [0.3, 0.4) is 0 Å². The van der Waals surface area contributed by atoms with Crippen LogP contribution in [0.5, 0.6) is 0 Å². The molecule has 0 spiro atoms. The van der Waals surface area contributed by atoms with Crippen LogP contribution in [0.1, 0.15) is 5.56 Å². The van der Waals surface area contributed by atoms with Crippen LogP contribution in [0.2, 0.25) is 5.02 Å². The molecule has 1 aromatic carbocycles. The Balaban J connectivity index is 2.29. The first-order chi connectivity index (χ1) is 8.19. The number of nitrogens with zero attached hydrogens (tertiary/aromatic N) is 3. The molecule has 0 saturated heterocycles. The zero-order chi connectivity index (χ0) is 12.3. The van der Waals surface area contributed by atoms with Crippen molar-refractivity contribution in [1.29, 1.82) is 5.26 Å². The van der Waals surface area contributed by atoms with Gasteiger partial charge in [0.1, 0.15) is 0 Å². The van der Waals surface area contributed by atoms with Gasteiger partial charge in [-0.1, -0.05) is 11.6 Å². The van der Waals surface area contributed by atoms with Gasteiger partial charge >= 0.3 is 0 Å². The topological polar surface area (TPSA) is 61.6 Å². The smallest absolute Gasteiger partial charge is 0.227 e. The summed E-state index contributed by atoms with van der Waals surface area (Å²) in [7, 11) is 0. The van der Waals surface area contributed by atoms with Crippen LogP contribution in [-0.4, -0.2) is 9.97 Å². The van der Waals surface area contributed by atoms with Crippen LogP contribution in [0.25, 0.3) is 0 Å². The van der Waals surface area contributed by atoms with E-state index in [4.69, 9.17) is 16.9 Å². The van der Waals surface area contributed by atoms with Gasteiger partial charge < -0.3 is 5.32 Å².